The van der Waals surface area contributed by atoms with Gasteiger partial charge in [-0.25, -0.2) is 17.8 Å². The van der Waals surface area contributed by atoms with Gasteiger partial charge in [0.2, 0.25) is 0 Å². The first-order chi connectivity index (χ1) is 13.3. The van der Waals surface area contributed by atoms with Crippen molar-refractivity contribution < 1.29 is 17.6 Å². The van der Waals surface area contributed by atoms with Gasteiger partial charge in [0.15, 0.2) is 15.0 Å². The van der Waals surface area contributed by atoms with Gasteiger partial charge < -0.3 is 0 Å². The lowest BCUT2D eigenvalue weighted by atomic mass is 10.1. The van der Waals surface area contributed by atoms with Gasteiger partial charge in [0.1, 0.15) is 12.1 Å². The van der Waals surface area contributed by atoms with Gasteiger partial charge in [-0.3, -0.25) is 10.1 Å². The van der Waals surface area contributed by atoms with E-state index in [9.17, 15) is 17.6 Å². The second kappa shape index (κ2) is 6.73. The normalized spacial score (nSPS) is 11.6. The molecule has 0 radical (unpaired) electrons. The molecule has 142 valence electrons. The van der Waals surface area contributed by atoms with Crippen LogP contribution in [0.4, 0.5) is 9.52 Å². The second-order valence-electron chi connectivity index (χ2n) is 5.79. The molecule has 0 atom stereocenters. The van der Waals surface area contributed by atoms with Gasteiger partial charge in [-0.1, -0.05) is 11.3 Å². The number of hydrogen-bond donors (Lipinski definition) is 1. The Kier molecular flexibility index (Phi) is 4.35. The lowest BCUT2D eigenvalue weighted by Gasteiger charge is -2.08. The molecule has 0 spiro atoms. The Balaban J connectivity index is 1.68. The van der Waals surface area contributed by atoms with Crippen molar-refractivity contribution >= 4 is 42.4 Å². The predicted molar refractivity (Wildman–Crippen MR) is 99.8 cm³/mol. The van der Waals surface area contributed by atoms with Gasteiger partial charge in [0.05, 0.1) is 26.4 Å². The number of amides is 1. The first kappa shape index (κ1) is 18.1. The Morgan fingerprint density at radius 2 is 2.04 bits per heavy atom. The van der Waals surface area contributed by atoms with E-state index in [0.29, 0.717) is 15.9 Å². The number of nitrogens with zero attached hydrogens (tertiary/aromatic N) is 5. The number of hydrogen-bond acceptors (Lipinski definition) is 8. The molecular formula is C16H11FN6O3S2. The SMILES string of the molecule is CS(=O)(=O)c1ccc2nc(NC(=O)c3cc(F)ccc3-n3cnnn3)sc2c1. The van der Waals surface area contributed by atoms with Crippen LogP contribution in [0.5, 0.6) is 0 Å². The molecule has 0 aliphatic rings. The molecule has 4 rings (SSSR count). The van der Waals surface area contributed by atoms with E-state index in [0.717, 1.165) is 23.7 Å². The van der Waals surface area contributed by atoms with Crippen LogP contribution in [0.2, 0.25) is 0 Å². The van der Waals surface area contributed by atoms with Crippen LogP contribution in [0.25, 0.3) is 15.9 Å². The van der Waals surface area contributed by atoms with Crippen molar-refractivity contribution in [3.05, 3.63) is 54.1 Å². The summed E-state index contributed by atoms with van der Waals surface area (Å²) in [5.74, 6) is -1.20. The van der Waals surface area contributed by atoms with Crippen LogP contribution in [0.1, 0.15) is 10.4 Å². The number of aromatic nitrogens is 5. The molecule has 2 aromatic carbocycles. The summed E-state index contributed by atoms with van der Waals surface area (Å²) >= 11 is 1.11. The molecule has 0 bridgehead atoms. The zero-order chi connectivity index (χ0) is 19.9. The van der Waals surface area contributed by atoms with Crippen LogP contribution in [0, 0.1) is 5.82 Å². The number of rotatable bonds is 4. The van der Waals surface area contributed by atoms with E-state index < -0.39 is 21.6 Å². The zero-order valence-electron chi connectivity index (χ0n) is 14.2. The molecular weight excluding hydrogens is 407 g/mol. The van der Waals surface area contributed by atoms with Crippen molar-refractivity contribution in [2.24, 2.45) is 0 Å². The monoisotopic (exact) mass is 418 g/mol. The van der Waals surface area contributed by atoms with Gasteiger partial charge in [0.25, 0.3) is 5.91 Å². The smallest absolute Gasteiger partial charge is 0.259 e. The van der Waals surface area contributed by atoms with Crippen LogP contribution >= 0.6 is 11.3 Å². The predicted octanol–water partition coefficient (Wildman–Crippen LogP) is 2.07. The molecule has 0 saturated carbocycles. The molecule has 0 unspecified atom stereocenters. The van der Waals surface area contributed by atoms with Crippen LogP contribution in [-0.2, 0) is 9.84 Å². The highest BCUT2D eigenvalue weighted by atomic mass is 32.2. The van der Waals surface area contributed by atoms with E-state index in [4.69, 9.17) is 0 Å². The van der Waals surface area contributed by atoms with Crippen LogP contribution in [0.3, 0.4) is 0 Å². The first-order valence-corrected chi connectivity index (χ1v) is 10.5. The summed E-state index contributed by atoms with van der Waals surface area (Å²) < 4.78 is 38.9. The lowest BCUT2D eigenvalue weighted by molar-refractivity contribution is 0.102. The maximum absolute atomic E-state index is 13.7. The highest BCUT2D eigenvalue weighted by Crippen LogP contribution is 2.29. The van der Waals surface area contributed by atoms with Crippen LogP contribution in [-0.4, -0.2) is 45.8 Å². The van der Waals surface area contributed by atoms with Crippen molar-refractivity contribution in [1.29, 1.82) is 0 Å². The molecule has 0 saturated heterocycles. The molecule has 0 fully saturated rings. The molecule has 0 aliphatic heterocycles. The van der Waals surface area contributed by atoms with Crippen molar-refractivity contribution in [3.8, 4) is 5.69 Å². The number of benzene rings is 2. The number of nitrogens with one attached hydrogen (secondary N) is 1. The number of carbonyl (C=O) groups is 1. The Hall–Kier alpha value is -3.25. The highest BCUT2D eigenvalue weighted by Gasteiger charge is 2.17. The minimum Gasteiger partial charge on any atom is -0.298 e. The minimum absolute atomic E-state index is 0.0170. The first-order valence-electron chi connectivity index (χ1n) is 7.76. The number of carbonyl (C=O) groups excluding carboxylic acids is 1. The van der Waals surface area contributed by atoms with Gasteiger partial charge in [-0.15, -0.1) is 5.10 Å². The standard InChI is InChI=1S/C16H11FN6O3S2/c1-28(25,26)10-3-4-12-14(7-10)27-16(19-12)20-15(24)11-6-9(17)2-5-13(11)23-8-18-21-22-23/h2-8H,1H3,(H,19,20,24). The maximum Gasteiger partial charge on any atom is 0.259 e. The average molecular weight is 418 g/mol. The van der Waals surface area contributed by atoms with E-state index in [-0.39, 0.29) is 15.6 Å². The fraction of sp³-hybridized carbons (Fsp3) is 0.0625. The third kappa shape index (κ3) is 3.46. The summed E-state index contributed by atoms with van der Waals surface area (Å²) in [6, 6.07) is 8.15. The van der Waals surface area contributed by atoms with Gasteiger partial charge in [0, 0.05) is 6.26 Å². The third-order valence-corrected chi connectivity index (χ3v) is 5.85. The minimum atomic E-state index is -3.36. The summed E-state index contributed by atoms with van der Waals surface area (Å²) in [7, 11) is -3.36. The van der Waals surface area contributed by atoms with Crippen molar-refractivity contribution in [2.45, 2.75) is 4.90 Å². The van der Waals surface area contributed by atoms with E-state index in [2.05, 4.69) is 25.8 Å². The second-order valence-corrected chi connectivity index (χ2v) is 8.84. The molecule has 9 nitrogen and oxygen atoms in total. The van der Waals surface area contributed by atoms with Crippen molar-refractivity contribution in [1.82, 2.24) is 25.2 Å². The molecule has 2 heterocycles. The lowest BCUT2D eigenvalue weighted by Crippen LogP contribution is -2.15. The summed E-state index contributed by atoms with van der Waals surface area (Å²) in [4.78, 5) is 17.1. The molecule has 4 aromatic rings. The van der Waals surface area contributed by atoms with Crippen molar-refractivity contribution in [3.63, 3.8) is 0 Å². The van der Waals surface area contributed by atoms with E-state index in [1.54, 1.807) is 6.07 Å². The molecule has 28 heavy (non-hydrogen) atoms. The quantitative estimate of drug-likeness (QED) is 0.539. The summed E-state index contributed by atoms with van der Waals surface area (Å²) in [5.41, 5.74) is 0.848. The van der Waals surface area contributed by atoms with Gasteiger partial charge >= 0.3 is 0 Å². The van der Waals surface area contributed by atoms with Gasteiger partial charge in [-0.2, -0.15) is 4.68 Å². The Morgan fingerprint density at radius 3 is 2.75 bits per heavy atom. The summed E-state index contributed by atoms with van der Waals surface area (Å²) in [5, 5.41) is 13.6. The molecule has 12 heteroatoms. The number of halogens is 1. The molecule has 2 aromatic heterocycles. The third-order valence-electron chi connectivity index (χ3n) is 3.81. The van der Waals surface area contributed by atoms with E-state index >= 15 is 0 Å². The fourth-order valence-corrected chi connectivity index (χ4v) is 4.14. The summed E-state index contributed by atoms with van der Waals surface area (Å²) in [6.45, 7) is 0. The Bertz CT molecular complexity index is 1300. The highest BCUT2D eigenvalue weighted by molar-refractivity contribution is 7.90. The van der Waals surface area contributed by atoms with Crippen LogP contribution < -0.4 is 5.32 Å². The van der Waals surface area contributed by atoms with E-state index in [1.807, 2.05) is 0 Å². The average Bonchev–Trinajstić information content (AvgIpc) is 3.29. The summed E-state index contributed by atoms with van der Waals surface area (Å²) in [6.07, 6.45) is 2.40. The molecule has 1 amide bonds. The Morgan fingerprint density at radius 1 is 1.21 bits per heavy atom. The number of sulfone groups is 1. The fourth-order valence-electron chi connectivity index (χ4n) is 2.52. The zero-order valence-corrected chi connectivity index (χ0v) is 15.8. The van der Waals surface area contributed by atoms with Crippen LogP contribution in [0.15, 0.2) is 47.6 Å². The Labute approximate surface area is 161 Å². The number of anilines is 1. The molecule has 1 N–H and O–H groups in total. The number of thiazole rings is 1. The number of fused-ring (bicyclic) bond motifs is 1. The topological polar surface area (TPSA) is 120 Å². The van der Waals surface area contributed by atoms with Crippen molar-refractivity contribution in [2.75, 3.05) is 11.6 Å². The molecule has 0 aliphatic carbocycles. The van der Waals surface area contributed by atoms with E-state index in [1.165, 1.54) is 35.3 Å². The number of tetrazole rings is 1. The largest absolute Gasteiger partial charge is 0.298 e. The maximum atomic E-state index is 13.7. The van der Waals surface area contributed by atoms with Gasteiger partial charge in [-0.05, 0) is 46.8 Å².